The van der Waals surface area contributed by atoms with Crippen molar-refractivity contribution in [2.45, 2.75) is 26.3 Å². The van der Waals surface area contributed by atoms with Gasteiger partial charge in [0.2, 0.25) is 0 Å². The van der Waals surface area contributed by atoms with Crippen LogP contribution in [0.3, 0.4) is 0 Å². The van der Waals surface area contributed by atoms with Crippen LogP contribution in [0.25, 0.3) is 10.9 Å². The molecule has 0 saturated carbocycles. The van der Waals surface area contributed by atoms with Gasteiger partial charge in [0.25, 0.3) is 0 Å². The Hall–Kier alpha value is -3.97. The van der Waals surface area contributed by atoms with Crippen LogP contribution < -0.4 is 0 Å². The van der Waals surface area contributed by atoms with Gasteiger partial charge in [0.1, 0.15) is 5.82 Å². The highest BCUT2D eigenvalue weighted by Crippen LogP contribution is 2.32. The Morgan fingerprint density at radius 1 is 1.06 bits per heavy atom. The van der Waals surface area contributed by atoms with Crippen molar-refractivity contribution in [2.24, 2.45) is 4.99 Å². The minimum Gasteiger partial charge on any atom is -0.494 e. The van der Waals surface area contributed by atoms with E-state index in [1.165, 1.54) is 12.1 Å². The van der Waals surface area contributed by atoms with Crippen molar-refractivity contribution >= 4 is 28.3 Å². The minimum atomic E-state index is -0.866. The fourth-order valence-corrected chi connectivity index (χ4v) is 4.01. The van der Waals surface area contributed by atoms with Crippen LogP contribution in [0.2, 0.25) is 0 Å². The predicted molar refractivity (Wildman–Crippen MR) is 136 cm³/mol. The number of carboxylic acids is 1. The van der Waals surface area contributed by atoms with E-state index in [4.69, 9.17) is 10.1 Å². The first-order valence-electron chi connectivity index (χ1n) is 11.5. The van der Waals surface area contributed by atoms with E-state index in [9.17, 15) is 14.3 Å². The molecule has 0 atom stereocenters. The van der Waals surface area contributed by atoms with Crippen molar-refractivity contribution in [1.29, 1.82) is 0 Å². The number of carbonyl (C=O) groups is 1. The Kier molecular flexibility index (Phi) is 7.27. The standard InChI is InChI=1S/C28H28FN3O3/c1-3-32(2)17-19-7-11-22(12-8-19)30-27(20-6-4-5-18(15-20)9-14-25(33)34)26-23-13-10-21(29)16-24(23)31-28(26)35/h4-8,10-13,15-16,31,35H,3,9,14,17H2,1-2H3,(H,33,34). The topological polar surface area (TPSA) is 88.9 Å². The maximum Gasteiger partial charge on any atom is 0.303 e. The highest BCUT2D eigenvalue weighted by atomic mass is 19.1. The summed E-state index contributed by atoms with van der Waals surface area (Å²) in [4.78, 5) is 21.0. The largest absolute Gasteiger partial charge is 0.494 e. The third kappa shape index (κ3) is 5.75. The number of nitrogens with one attached hydrogen (secondary N) is 1. The molecule has 0 fully saturated rings. The molecular weight excluding hydrogens is 445 g/mol. The molecule has 0 amide bonds. The number of hydrogen-bond donors (Lipinski definition) is 3. The SMILES string of the molecule is CCN(C)Cc1ccc(N=C(c2cccc(CCC(=O)O)c2)c2c(O)[nH]c3cc(F)ccc23)cc1. The third-order valence-corrected chi connectivity index (χ3v) is 5.98. The number of aryl methyl sites for hydroxylation is 1. The van der Waals surface area contributed by atoms with Crippen LogP contribution in [0.5, 0.6) is 5.88 Å². The lowest BCUT2D eigenvalue weighted by atomic mass is 9.97. The summed E-state index contributed by atoms with van der Waals surface area (Å²) < 4.78 is 13.8. The monoisotopic (exact) mass is 473 g/mol. The van der Waals surface area contributed by atoms with E-state index in [-0.39, 0.29) is 12.3 Å². The van der Waals surface area contributed by atoms with Crippen molar-refractivity contribution in [3.63, 3.8) is 0 Å². The Morgan fingerprint density at radius 3 is 2.54 bits per heavy atom. The number of nitrogens with zero attached hydrogens (tertiary/aromatic N) is 2. The highest BCUT2D eigenvalue weighted by molar-refractivity contribution is 6.21. The molecule has 0 radical (unpaired) electrons. The van der Waals surface area contributed by atoms with E-state index < -0.39 is 11.8 Å². The number of aromatic hydroxyl groups is 1. The molecule has 0 unspecified atom stereocenters. The number of benzene rings is 3. The molecule has 180 valence electrons. The lowest BCUT2D eigenvalue weighted by molar-refractivity contribution is -0.136. The summed E-state index contributed by atoms with van der Waals surface area (Å²) >= 11 is 0. The van der Waals surface area contributed by atoms with Gasteiger partial charge in [-0.2, -0.15) is 0 Å². The Balaban J connectivity index is 1.82. The van der Waals surface area contributed by atoms with Gasteiger partial charge in [-0.15, -0.1) is 0 Å². The molecule has 0 aliphatic carbocycles. The normalized spacial score (nSPS) is 11.9. The molecule has 1 aromatic heterocycles. The minimum absolute atomic E-state index is 0.0151. The second kappa shape index (κ2) is 10.5. The summed E-state index contributed by atoms with van der Waals surface area (Å²) in [5.74, 6) is -1.39. The van der Waals surface area contributed by atoms with Crippen molar-refractivity contribution in [2.75, 3.05) is 13.6 Å². The summed E-state index contributed by atoms with van der Waals surface area (Å²) in [6.45, 7) is 3.88. The first-order valence-corrected chi connectivity index (χ1v) is 11.5. The molecule has 0 bridgehead atoms. The van der Waals surface area contributed by atoms with Crippen LogP contribution in [0.15, 0.2) is 71.7 Å². The highest BCUT2D eigenvalue weighted by Gasteiger charge is 2.19. The number of aromatic amines is 1. The van der Waals surface area contributed by atoms with Crippen LogP contribution in [0, 0.1) is 5.82 Å². The average Bonchev–Trinajstić information content (AvgIpc) is 3.16. The van der Waals surface area contributed by atoms with E-state index in [0.717, 1.165) is 29.8 Å². The Bertz CT molecular complexity index is 1380. The molecule has 35 heavy (non-hydrogen) atoms. The van der Waals surface area contributed by atoms with Gasteiger partial charge in [-0.3, -0.25) is 4.79 Å². The molecule has 1 heterocycles. The summed E-state index contributed by atoms with van der Waals surface area (Å²) in [6.07, 6.45) is 0.391. The lowest BCUT2D eigenvalue weighted by Gasteiger charge is -2.14. The van der Waals surface area contributed by atoms with E-state index in [1.807, 2.05) is 48.5 Å². The molecular formula is C28H28FN3O3. The van der Waals surface area contributed by atoms with Crippen molar-refractivity contribution in [3.05, 3.63) is 94.8 Å². The number of hydrogen-bond acceptors (Lipinski definition) is 4. The number of H-pyrrole nitrogens is 1. The predicted octanol–water partition coefficient (Wildman–Crippen LogP) is 5.65. The van der Waals surface area contributed by atoms with E-state index in [1.54, 1.807) is 6.07 Å². The fraction of sp³-hybridized carbons (Fsp3) is 0.214. The molecule has 0 saturated heterocycles. The zero-order valence-electron chi connectivity index (χ0n) is 19.8. The van der Waals surface area contributed by atoms with Gasteiger partial charge in [-0.1, -0.05) is 37.3 Å². The zero-order chi connectivity index (χ0) is 24.9. The first kappa shape index (κ1) is 24.2. The van der Waals surface area contributed by atoms with Gasteiger partial charge in [-0.05, 0) is 67.5 Å². The molecule has 4 aromatic rings. The van der Waals surface area contributed by atoms with Crippen molar-refractivity contribution < 1.29 is 19.4 Å². The maximum absolute atomic E-state index is 13.8. The van der Waals surface area contributed by atoms with Gasteiger partial charge >= 0.3 is 5.97 Å². The molecule has 0 aliphatic heterocycles. The Morgan fingerprint density at radius 2 is 1.83 bits per heavy atom. The molecule has 3 aromatic carbocycles. The van der Waals surface area contributed by atoms with Gasteiger partial charge < -0.3 is 20.1 Å². The molecule has 7 heteroatoms. The lowest BCUT2D eigenvalue weighted by Crippen LogP contribution is -2.16. The van der Waals surface area contributed by atoms with Crippen LogP contribution in [0.4, 0.5) is 10.1 Å². The number of carboxylic acid groups (broad SMARTS) is 1. The second-order valence-corrected chi connectivity index (χ2v) is 8.59. The number of rotatable bonds is 9. The summed E-state index contributed by atoms with van der Waals surface area (Å²) in [5.41, 5.74) is 4.88. The van der Waals surface area contributed by atoms with Crippen LogP contribution >= 0.6 is 0 Å². The van der Waals surface area contributed by atoms with E-state index in [2.05, 4.69) is 23.9 Å². The molecule has 6 nitrogen and oxygen atoms in total. The van der Waals surface area contributed by atoms with E-state index in [0.29, 0.717) is 34.3 Å². The second-order valence-electron chi connectivity index (χ2n) is 8.59. The van der Waals surface area contributed by atoms with Gasteiger partial charge in [0.15, 0.2) is 5.88 Å². The average molecular weight is 474 g/mol. The third-order valence-electron chi connectivity index (χ3n) is 5.98. The smallest absolute Gasteiger partial charge is 0.303 e. The number of aliphatic imine (C=N–C) groups is 1. The quantitative estimate of drug-likeness (QED) is 0.274. The fourth-order valence-electron chi connectivity index (χ4n) is 4.01. The molecule has 4 rings (SSSR count). The Labute approximate surface area is 203 Å². The summed E-state index contributed by atoms with van der Waals surface area (Å²) in [7, 11) is 2.06. The van der Waals surface area contributed by atoms with Gasteiger partial charge in [0, 0.05) is 23.9 Å². The number of halogens is 1. The summed E-state index contributed by atoms with van der Waals surface area (Å²) in [5, 5.41) is 20.5. The number of aromatic nitrogens is 1. The van der Waals surface area contributed by atoms with Crippen molar-refractivity contribution in [1.82, 2.24) is 9.88 Å². The number of fused-ring (bicyclic) bond motifs is 1. The van der Waals surface area contributed by atoms with Crippen LogP contribution in [0.1, 0.15) is 35.6 Å². The van der Waals surface area contributed by atoms with Crippen LogP contribution in [-0.4, -0.2) is 45.4 Å². The van der Waals surface area contributed by atoms with Gasteiger partial charge in [0.05, 0.1) is 22.5 Å². The molecule has 3 N–H and O–H groups in total. The van der Waals surface area contributed by atoms with Crippen molar-refractivity contribution in [3.8, 4) is 5.88 Å². The summed E-state index contributed by atoms with van der Waals surface area (Å²) in [6, 6.07) is 19.7. The van der Waals surface area contributed by atoms with Crippen LogP contribution in [-0.2, 0) is 17.8 Å². The maximum atomic E-state index is 13.8. The molecule has 0 spiro atoms. The first-order chi connectivity index (χ1) is 16.8. The molecule has 0 aliphatic rings. The number of aliphatic carboxylic acids is 1. The van der Waals surface area contributed by atoms with Gasteiger partial charge in [-0.25, -0.2) is 9.38 Å². The van der Waals surface area contributed by atoms with E-state index >= 15 is 0 Å². The zero-order valence-corrected chi connectivity index (χ0v) is 19.8.